The van der Waals surface area contributed by atoms with E-state index in [0.29, 0.717) is 28.8 Å². The number of nitrogens with one attached hydrogen (secondary N) is 1. The average molecular weight is 493 g/mol. The molecule has 1 fully saturated rings. The Kier molecular flexibility index (Phi) is 6.77. The standard InChI is InChI=1S/C27H33FN6O2/c1-4-33-9-11-34(12-10-33)24-15-25(36-3)23(14-20(24)28)32-26-29-8-6-21(31-26)18-13-19-22(30-16-18)5-7-27(19,2)17-35/h6,8,13-16,35H,4-5,7,9-12,17H2,1-3H3,(H,29,31,32). The first-order chi connectivity index (χ1) is 17.4. The molecule has 3 heterocycles. The van der Waals surface area contributed by atoms with Gasteiger partial charge in [0.25, 0.3) is 0 Å². The van der Waals surface area contributed by atoms with E-state index in [1.807, 2.05) is 6.07 Å². The monoisotopic (exact) mass is 492 g/mol. The summed E-state index contributed by atoms with van der Waals surface area (Å²) in [6.45, 7) is 8.66. The van der Waals surface area contributed by atoms with Gasteiger partial charge in [0.2, 0.25) is 5.95 Å². The van der Waals surface area contributed by atoms with E-state index in [4.69, 9.17) is 4.74 Å². The molecule has 0 spiro atoms. The molecule has 2 aliphatic rings. The van der Waals surface area contributed by atoms with Crippen LogP contribution in [0.3, 0.4) is 0 Å². The lowest BCUT2D eigenvalue weighted by Gasteiger charge is -2.35. The van der Waals surface area contributed by atoms with Crippen molar-refractivity contribution in [2.75, 3.05) is 56.7 Å². The number of hydrogen-bond acceptors (Lipinski definition) is 8. The summed E-state index contributed by atoms with van der Waals surface area (Å²) in [5.74, 6) is 0.543. The Hall–Kier alpha value is -3.30. The quantitative estimate of drug-likeness (QED) is 0.516. The number of nitrogens with zero attached hydrogens (tertiary/aromatic N) is 5. The summed E-state index contributed by atoms with van der Waals surface area (Å²) in [4.78, 5) is 18.0. The second-order valence-corrected chi connectivity index (χ2v) is 9.75. The number of aliphatic hydroxyl groups excluding tert-OH is 1. The van der Waals surface area contributed by atoms with Crippen LogP contribution in [0.1, 0.15) is 31.5 Å². The molecule has 0 amide bonds. The minimum Gasteiger partial charge on any atom is -0.494 e. The van der Waals surface area contributed by atoms with E-state index in [9.17, 15) is 5.11 Å². The van der Waals surface area contributed by atoms with E-state index in [1.165, 1.54) is 6.07 Å². The van der Waals surface area contributed by atoms with E-state index in [2.05, 4.69) is 50.0 Å². The smallest absolute Gasteiger partial charge is 0.227 e. The maximum absolute atomic E-state index is 15.2. The Balaban J connectivity index is 1.39. The number of methoxy groups -OCH3 is 1. The van der Waals surface area contributed by atoms with Gasteiger partial charge in [0.1, 0.15) is 11.6 Å². The van der Waals surface area contributed by atoms with Gasteiger partial charge in [-0.2, -0.15) is 0 Å². The van der Waals surface area contributed by atoms with Gasteiger partial charge in [-0.25, -0.2) is 14.4 Å². The highest BCUT2D eigenvalue weighted by atomic mass is 19.1. The van der Waals surface area contributed by atoms with Gasteiger partial charge >= 0.3 is 0 Å². The number of halogens is 1. The van der Waals surface area contributed by atoms with Crippen molar-refractivity contribution in [3.8, 4) is 17.0 Å². The van der Waals surface area contributed by atoms with Crippen molar-refractivity contribution in [1.82, 2.24) is 19.9 Å². The zero-order chi connectivity index (χ0) is 25.3. The molecular weight excluding hydrogens is 459 g/mol. The molecule has 190 valence electrons. The minimum atomic E-state index is -0.314. The molecule has 1 atom stereocenters. The molecule has 1 aromatic carbocycles. The molecule has 3 aromatic rings. The second-order valence-electron chi connectivity index (χ2n) is 9.75. The lowest BCUT2D eigenvalue weighted by atomic mass is 9.85. The zero-order valence-corrected chi connectivity index (χ0v) is 21.1. The third-order valence-corrected chi connectivity index (χ3v) is 7.51. The SMILES string of the molecule is CCN1CCN(c2cc(OC)c(Nc3nccc(-c4cnc5c(c4)C(C)(CO)CC5)n3)cc2F)CC1. The number of aromatic nitrogens is 3. The molecular formula is C27H33FN6O2. The largest absolute Gasteiger partial charge is 0.494 e. The van der Waals surface area contributed by atoms with Gasteiger partial charge in [-0.3, -0.25) is 4.98 Å². The summed E-state index contributed by atoms with van der Waals surface area (Å²) >= 11 is 0. The number of rotatable bonds is 7. The Morgan fingerprint density at radius 3 is 2.69 bits per heavy atom. The number of piperazine rings is 1. The molecule has 1 aliphatic carbocycles. The molecule has 1 saturated heterocycles. The first-order valence-corrected chi connectivity index (χ1v) is 12.5. The fourth-order valence-corrected chi connectivity index (χ4v) is 5.10. The normalized spacial score (nSPS) is 19.9. The molecule has 1 aliphatic heterocycles. The Morgan fingerprint density at radius 1 is 1.17 bits per heavy atom. The fraction of sp³-hybridized carbons (Fsp3) is 0.444. The molecule has 8 nitrogen and oxygen atoms in total. The molecule has 0 radical (unpaired) electrons. The molecule has 9 heteroatoms. The van der Waals surface area contributed by atoms with Gasteiger partial charge in [-0.15, -0.1) is 0 Å². The summed E-state index contributed by atoms with van der Waals surface area (Å²) in [5.41, 5.74) is 4.35. The van der Waals surface area contributed by atoms with Crippen LogP contribution in [-0.4, -0.2) is 71.4 Å². The average Bonchev–Trinajstić information content (AvgIpc) is 3.25. The predicted octanol–water partition coefficient (Wildman–Crippen LogP) is 3.77. The summed E-state index contributed by atoms with van der Waals surface area (Å²) in [7, 11) is 1.57. The van der Waals surface area contributed by atoms with Crippen LogP contribution in [0.4, 0.5) is 21.7 Å². The number of likely N-dealkylation sites (N-methyl/N-ethyl adjacent to an activating group) is 1. The van der Waals surface area contributed by atoms with Gasteiger partial charge in [-0.1, -0.05) is 13.8 Å². The van der Waals surface area contributed by atoms with Crippen molar-refractivity contribution in [3.63, 3.8) is 0 Å². The van der Waals surface area contributed by atoms with E-state index in [1.54, 1.807) is 25.6 Å². The molecule has 2 N–H and O–H groups in total. The van der Waals surface area contributed by atoms with Crippen molar-refractivity contribution in [2.24, 2.45) is 0 Å². The highest BCUT2D eigenvalue weighted by molar-refractivity contribution is 5.70. The lowest BCUT2D eigenvalue weighted by molar-refractivity contribution is 0.206. The molecule has 2 aromatic heterocycles. The number of pyridine rings is 1. The molecule has 0 bridgehead atoms. The summed E-state index contributed by atoms with van der Waals surface area (Å²) < 4.78 is 20.8. The number of anilines is 3. The van der Waals surface area contributed by atoms with E-state index in [-0.39, 0.29) is 17.8 Å². The number of fused-ring (bicyclic) bond motifs is 1. The predicted molar refractivity (Wildman–Crippen MR) is 139 cm³/mol. The number of aliphatic hydroxyl groups is 1. The van der Waals surface area contributed by atoms with Crippen molar-refractivity contribution in [2.45, 2.75) is 32.1 Å². The third kappa shape index (κ3) is 4.60. The van der Waals surface area contributed by atoms with Crippen molar-refractivity contribution < 1.29 is 14.2 Å². The van der Waals surface area contributed by atoms with Crippen molar-refractivity contribution >= 4 is 17.3 Å². The summed E-state index contributed by atoms with van der Waals surface area (Å²) in [6, 6.07) is 7.06. The number of aryl methyl sites for hydroxylation is 1. The molecule has 0 saturated carbocycles. The van der Waals surface area contributed by atoms with Crippen LogP contribution in [-0.2, 0) is 11.8 Å². The van der Waals surface area contributed by atoms with Crippen LogP contribution in [0, 0.1) is 5.82 Å². The van der Waals surface area contributed by atoms with Crippen LogP contribution < -0.4 is 15.0 Å². The van der Waals surface area contributed by atoms with Crippen LogP contribution in [0.2, 0.25) is 0 Å². The highest BCUT2D eigenvalue weighted by Gasteiger charge is 2.35. The molecule has 1 unspecified atom stereocenters. The lowest BCUT2D eigenvalue weighted by Crippen LogP contribution is -2.46. The zero-order valence-electron chi connectivity index (χ0n) is 21.1. The van der Waals surface area contributed by atoms with Crippen LogP contribution in [0.25, 0.3) is 11.3 Å². The maximum Gasteiger partial charge on any atom is 0.227 e. The van der Waals surface area contributed by atoms with Crippen LogP contribution in [0.15, 0.2) is 36.7 Å². The van der Waals surface area contributed by atoms with Crippen molar-refractivity contribution in [3.05, 3.63) is 53.7 Å². The first-order valence-electron chi connectivity index (χ1n) is 12.5. The van der Waals surface area contributed by atoms with E-state index in [0.717, 1.165) is 62.4 Å². The summed E-state index contributed by atoms with van der Waals surface area (Å²) in [5, 5.41) is 13.1. The Labute approximate surface area is 211 Å². The topological polar surface area (TPSA) is 86.6 Å². The van der Waals surface area contributed by atoms with Gasteiger partial charge in [0.15, 0.2) is 0 Å². The van der Waals surface area contributed by atoms with Crippen LogP contribution in [0.5, 0.6) is 5.75 Å². The second kappa shape index (κ2) is 9.99. The van der Waals surface area contributed by atoms with E-state index < -0.39 is 0 Å². The van der Waals surface area contributed by atoms with Gasteiger partial charge in [-0.05, 0) is 37.1 Å². The Bertz CT molecular complexity index is 1250. The van der Waals surface area contributed by atoms with Gasteiger partial charge < -0.3 is 25.0 Å². The maximum atomic E-state index is 15.2. The first kappa shape index (κ1) is 24.4. The van der Waals surface area contributed by atoms with Gasteiger partial charge in [0.05, 0.1) is 30.8 Å². The van der Waals surface area contributed by atoms with E-state index >= 15 is 4.39 Å². The minimum absolute atomic E-state index is 0.0807. The third-order valence-electron chi connectivity index (χ3n) is 7.51. The van der Waals surface area contributed by atoms with Crippen molar-refractivity contribution in [1.29, 1.82) is 0 Å². The Morgan fingerprint density at radius 2 is 1.97 bits per heavy atom. The number of hydrogen-bond donors (Lipinski definition) is 2. The number of ether oxygens (including phenoxy) is 1. The fourth-order valence-electron chi connectivity index (χ4n) is 5.10. The molecule has 5 rings (SSSR count). The summed E-state index contributed by atoms with van der Waals surface area (Å²) in [6.07, 6.45) is 5.20. The molecule has 36 heavy (non-hydrogen) atoms. The van der Waals surface area contributed by atoms with Gasteiger partial charge in [0, 0.05) is 67.4 Å². The number of benzene rings is 1. The highest BCUT2D eigenvalue weighted by Crippen LogP contribution is 2.39. The van der Waals surface area contributed by atoms with Crippen LogP contribution >= 0.6 is 0 Å².